The molecule has 0 radical (unpaired) electrons. The molecule has 2 aromatic heterocycles. The van der Waals surface area contributed by atoms with Crippen LogP contribution in [0.5, 0.6) is 5.88 Å². The first-order chi connectivity index (χ1) is 9.76. The van der Waals surface area contributed by atoms with Crippen molar-refractivity contribution in [2.75, 3.05) is 25.2 Å². The van der Waals surface area contributed by atoms with Crippen LogP contribution < -0.4 is 16.0 Å². The number of ether oxygens (including phenoxy) is 2. The van der Waals surface area contributed by atoms with E-state index in [1.165, 1.54) is 4.88 Å². The van der Waals surface area contributed by atoms with Crippen molar-refractivity contribution in [3.63, 3.8) is 0 Å². The van der Waals surface area contributed by atoms with Crippen LogP contribution >= 0.6 is 11.3 Å². The number of hydrogen-bond acceptors (Lipinski definition) is 7. The van der Waals surface area contributed by atoms with Gasteiger partial charge in [-0.3, -0.25) is 5.43 Å². The van der Waals surface area contributed by atoms with E-state index in [-0.39, 0.29) is 0 Å². The van der Waals surface area contributed by atoms with E-state index in [0.29, 0.717) is 24.4 Å². The summed E-state index contributed by atoms with van der Waals surface area (Å²) in [6, 6.07) is 2.06. The van der Waals surface area contributed by atoms with Gasteiger partial charge < -0.3 is 9.47 Å². The zero-order valence-corrected chi connectivity index (χ0v) is 12.2. The molecule has 2 aromatic rings. The first-order valence-corrected chi connectivity index (χ1v) is 7.53. The minimum Gasteiger partial charge on any atom is -0.477 e. The lowest BCUT2D eigenvalue weighted by atomic mass is 10.0. The number of anilines is 1. The molecule has 0 aliphatic carbocycles. The van der Waals surface area contributed by atoms with Crippen molar-refractivity contribution in [3.05, 3.63) is 10.9 Å². The Kier molecular flexibility index (Phi) is 4.00. The number of hydrazine groups is 1. The molecule has 3 N–H and O–H groups in total. The average molecular weight is 294 g/mol. The van der Waals surface area contributed by atoms with Crippen molar-refractivity contribution in [2.24, 2.45) is 11.8 Å². The van der Waals surface area contributed by atoms with E-state index in [4.69, 9.17) is 15.3 Å². The van der Waals surface area contributed by atoms with E-state index >= 15 is 0 Å². The molecule has 20 heavy (non-hydrogen) atoms. The smallest absolute Gasteiger partial charge is 0.241 e. The fraction of sp³-hybridized carbons (Fsp3) is 0.538. The van der Waals surface area contributed by atoms with E-state index in [1.54, 1.807) is 11.3 Å². The number of fused-ring (bicyclic) bond motifs is 1. The summed E-state index contributed by atoms with van der Waals surface area (Å²) in [5, 5.41) is 0.957. The fourth-order valence-electron chi connectivity index (χ4n) is 2.30. The van der Waals surface area contributed by atoms with Gasteiger partial charge in [-0.15, -0.1) is 11.3 Å². The van der Waals surface area contributed by atoms with Crippen LogP contribution in [0.1, 0.15) is 17.7 Å². The molecule has 0 amide bonds. The molecule has 0 spiro atoms. The predicted molar refractivity (Wildman–Crippen MR) is 79.0 cm³/mol. The molecule has 1 aliphatic rings. The van der Waals surface area contributed by atoms with Crippen molar-refractivity contribution in [3.8, 4) is 5.88 Å². The van der Waals surface area contributed by atoms with Crippen LogP contribution in [0.25, 0.3) is 10.2 Å². The molecule has 0 bridgehead atoms. The van der Waals surface area contributed by atoms with E-state index in [9.17, 15) is 0 Å². The van der Waals surface area contributed by atoms with Gasteiger partial charge in [-0.25, -0.2) is 10.8 Å². The summed E-state index contributed by atoms with van der Waals surface area (Å²) < 4.78 is 11.3. The minimum absolute atomic E-state index is 0.390. The standard InChI is InChI=1S/C13H18N4O2S/c1-8-6-10-11(15-13(17-14)16-12(10)20-8)19-7-9-2-4-18-5-3-9/h6,9H,2-5,7,14H2,1H3,(H,15,16,17). The Labute approximate surface area is 121 Å². The highest BCUT2D eigenvalue weighted by molar-refractivity contribution is 7.18. The van der Waals surface area contributed by atoms with Gasteiger partial charge in [0, 0.05) is 18.1 Å². The maximum atomic E-state index is 5.92. The second-order valence-corrected chi connectivity index (χ2v) is 6.17. The molecule has 3 rings (SSSR count). The van der Waals surface area contributed by atoms with E-state index in [1.807, 2.05) is 6.92 Å². The first kappa shape index (κ1) is 13.5. The monoisotopic (exact) mass is 294 g/mol. The van der Waals surface area contributed by atoms with Crippen LogP contribution in [0.3, 0.4) is 0 Å². The molecule has 0 unspecified atom stereocenters. The summed E-state index contributed by atoms with van der Waals surface area (Å²) in [5.41, 5.74) is 2.49. The van der Waals surface area contributed by atoms with E-state index in [0.717, 1.165) is 36.3 Å². The third kappa shape index (κ3) is 2.84. The van der Waals surface area contributed by atoms with Crippen molar-refractivity contribution in [1.29, 1.82) is 0 Å². The second-order valence-electron chi connectivity index (χ2n) is 4.94. The summed E-state index contributed by atoms with van der Waals surface area (Å²) in [6.45, 7) is 4.35. The van der Waals surface area contributed by atoms with E-state index in [2.05, 4.69) is 21.5 Å². The zero-order valence-electron chi connectivity index (χ0n) is 11.4. The molecule has 108 valence electrons. The molecule has 7 heteroatoms. The Morgan fingerprint density at radius 3 is 3.00 bits per heavy atom. The van der Waals surface area contributed by atoms with Crippen LogP contribution in [0, 0.1) is 12.8 Å². The highest BCUT2D eigenvalue weighted by Gasteiger charge is 2.17. The SMILES string of the molecule is Cc1cc2c(OCC3CCOCC3)nc(NN)nc2s1. The van der Waals surface area contributed by atoms with Gasteiger partial charge in [0.05, 0.1) is 12.0 Å². The molecule has 1 aliphatic heterocycles. The Bertz CT molecular complexity index is 595. The number of nitrogens with zero attached hydrogens (tertiary/aromatic N) is 2. The third-order valence-electron chi connectivity index (χ3n) is 3.41. The number of hydrogen-bond donors (Lipinski definition) is 2. The summed E-state index contributed by atoms with van der Waals surface area (Å²) in [6.07, 6.45) is 2.08. The number of thiophene rings is 1. The van der Waals surface area contributed by atoms with Gasteiger partial charge in [-0.2, -0.15) is 4.98 Å². The van der Waals surface area contributed by atoms with Crippen molar-refractivity contribution in [2.45, 2.75) is 19.8 Å². The Hall–Kier alpha value is -1.44. The normalized spacial score (nSPS) is 16.5. The van der Waals surface area contributed by atoms with Crippen LogP contribution in [0.4, 0.5) is 5.95 Å². The Morgan fingerprint density at radius 2 is 2.25 bits per heavy atom. The Morgan fingerprint density at radius 1 is 1.45 bits per heavy atom. The summed E-state index contributed by atoms with van der Waals surface area (Å²) in [4.78, 5) is 10.7. The summed E-state index contributed by atoms with van der Waals surface area (Å²) in [7, 11) is 0. The number of nitrogen functional groups attached to an aromatic ring is 1. The number of aromatic nitrogens is 2. The first-order valence-electron chi connectivity index (χ1n) is 6.71. The molecule has 6 nitrogen and oxygen atoms in total. The lowest BCUT2D eigenvalue weighted by Crippen LogP contribution is -2.22. The van der Waals surface area contributed by atoms with Crippen LogP contribution in [-0.2, 0) is 4.74 Å². The van der Waals surface area contributed by atoms with Crippen LogP contribution in [0.2, 0.25) is 0 Å². The fourth-order valence-corrected chi connectivity index (χ4v) is 3.17. The molecule has 1 saturated heterocycles. The number of nitrogens with one attached hydrogen (secondary N) is 1. The van der Waals surface area contributed by atoms with Crippen molar-refractivity contribution < 1.29 is 9.47 Å². The predicted octanol–water partition coefficient (Wildman–Crippen LogP) is 2.09. The zero-order chi connectivity index (χ0) is 13.9. The summed E-state index contributed by atoms with van der Waals surface area (Å²) >= 11 is 1.61. The molecular formula is C13H18N4O2S. The highest BCUT2D eigenvalue weighted by Crippen LogP contribution is 2.31. The van der Waals surface area contributed by atoms with Gasteiger partial charge in [0.2, 0.25) is 11.8 Å². The van der Waals surface area contributed by atoms with Crippen LogP contribution in [0.15, 0.2) is 6.07 Å². The Balaban J connectivity index is 1.81. The third-order valence-corrected chi connectivity index (χ3v) is 4.35. The molecule has 1 fully saturated rings. The molecule has 0 aromatic carbocycles. The highest BCUT2D eigenvalue weighted by atomic mass is 32.1. The molecule has 0 saturated carbocycles. The topological polar surface area (TPSA) is 82.3 Å². The summed E-state index contributed by atoms with van der Waals surface area (Å²) in [5.74, 6) is 6.94. The van der Waals surface area contributed by atoms with Crippen molar-refractivity contribution in [1.82, 2.24) is 9.97 Å². The average Bonchev–Trinajstić information content (AvgIpc) is 2.86. The van der Waals surface area contributed by atoms with Gasteiger partial charge in [0.1, 0.15) is 4.83 Å². The molecule has 3 heterocycles. The largest absolute Gasteiger partial charge is 0.477 e. The molecule has 0 atom stereocenters. The number of nitrogens with two attached hydrogens (primary N) is 1. The van der Waals surface area contributed by atoms with Gasteiger partial charge in [0.25, 0.3) is 0 Å². The van der Waals surface area contributed by atoms with Gasteiger partial charge in [-0.1, -0.05) is 0 Å². The lowest BCUT2D eigenvalue weighted by Gasteiger charge is -2.21. The second kappa shape index (κ2) is 5.90. The minimum atomic E-state index is 0.390. The quantitative estimate of drug-likeness (QED) is 0.663. The van der Waals surface area contributed by atoms with Crippen LogP contribution in [-0.4, -0.2) is 29.8 Å². The van der Waals surface area contributed by atoms with Gasteiger partial charge in [0.15, 0.2) is 0 Å². The molecular weight excluding hydrogens is 276 g/mol. The van der Waals surface area contributed by atoms with E-state index < -0.39 is 0 Å². The number of rotatable bonds is 4. The van der Waals surface area contributed by atoms with Gasteiger partial charge in [-0.05, 0) is 31.7 Å². The van der Waals surface area contributed by atoms with Crippen molar-refractivity contribution >= 4 is 27.5 Å². The lowest BCUT2D eigenvalue weighted by molar-refractivity contribution is 0.0493. The maximum absolute atomic E-state index is 5.92. The van der Waals surface area contributed by atoms with Gasteiger partial charge >= 0.3 is 0 Å². The number of aryl methyl sites for hydroxylation is 1. The maximum Gasteiger partial charge on any atom is 0.241 e.